The Kier molecular flexibility index (Phi) is 4.19. The zero-order valence-electron chi connectivity index (χ0n) is 9.69. The molecule has 0 atom stereocenters. The van der Waals surface area contributed by atoms with Crippen LogP contribution in [0.3, 0.4) is 0 Å². The maximum Gasteiger partial charge on any atom is 0.0593 e. The molecule has 0 spiro atoms. The van der Waals surface area contributed by atoms with Gasteiger partial charge in [0, 0.05) is 31.9 Å². The molecule has 16 heavy (non-hydrogen) atoms. The van der Waals surface area contributed by atoms with Gasteiger partial charge in [-0.05, 0) is 30.5 Å². The van der Waals surface area contributed by atoms with Crippen molar-refractivity contribution in [1.82, 2.24) is 4.90 Å². The third kappa shape index (κ3) is 3.51. The van der Waals surface area contributed by atoms with Gasteiger partial charge in [0.25, 0.3) is 0 Å². The molecule has 0 aliphatic carbocycles. The summed E-state index contributed by atoms with van der Waals surface area (Å²) in [5.74, 6) is 0. The molecule has 0 aromatic heterocycles. The second-order valence-corrected chi connectivity index (χ2v) is 4.30. The molecule has 1 saturated heterocycles. The van der Waals surface area contributed by atoms with E-state index in [9.17, 15) is 0 Å². The quantitative estimate of drug-likeness (QED) is 0.785. The molecule has 0 saturated carbocycles. The van der Waals surface area contributed by atoms with Gasteiger partial charge in [0.15, 0.2) is 0 Å². The second-order valence-electron chi connectivity index (χ2n) is 4.30. The lowest BCUT2D eigenvalue weighted by Crippen LogP contribution is -2.28. The third-order valence-corrected chi connectivity index (χ3v) is 3.01. The molecule has 2 rings (SSSR count). The summed E-state index contributed by atoms with van der Waals surface area (Å²) in [5, 5.41) is 0. The van der Waals surface area contributed by atoms with Crippen LogP contribution in [0.2, 0.25) is 0 Å². The van der Waals surface area contributed by atoms with Crippen molar-refractivity contribution in [2.75, 3.05) is 38.6 Å². The van der Waals surface area contributed by atoms with Gasteiger partial charge in [-0.3, -0.25) is 0 Å². The lowest BCUT2D eigenvalue weighted by molar-refractivity contribution is 0.141. The van der Waals surface area contributed by atoms with Crippen LogP contribution in [-0.2, 0) is 11.2 Å². The molecule has 1 aliphatic rings. The number of rotatable bonds is 3. The minimum absolute atomic E-state index is 0.840. The lowest BCUT2D eigenvalue weighted by Gasteiger charge is -2.18. The van der Waals surface area contributed by atoms with Crippen LogP contribution in [0.1, 0.15) is 12.0 Å². The first-order chi connectivity index (χ1) is 7.84. The molecule has 1 fully saturated rings. The number of nitrogens with zero attached hydrogens (tertiary/aromatic N) is 1. The Labute approximate surface area is 97.2 Å². The summed E-state index contributed by atoms with van der Waals surface area (Å²) in [5.41, 5.74) is 7.86. The first-order valence-corrected chi connectivity index (χ1v) is 5.99. The Bertz CT molecular complexity index is 302. The fourth-order valence-electron chi connectivity index (χ4n) is 1.99. The molecular weight excluding hydrogens is 200 g/mol. The van der Waals surface area contributed by atoms with Crippen LogP contribution in [0.5, 0.6) is 0 Å². The third-order valence-electron chi connectivity index (χ3n) is 3.01. The smallest absolute Gasteiger partial charge is 0.0593 e. The van der Waals surface area contributed by atoms with Gasteiger partial charge in [-0.2, -0.15) is 0 Å². The highest BCUT2D eigenvalue weighted by molar-refractivity contribution is 5.39. The molecule has 0 unspecified atom stereocenters. The highest BCUT2D eigenvalue weighted by atomic mass is 16.5. The van der Waals surface area contributed by atoms with Gasteiger partial charge in [-0.15, -0.1) is 0 Å². The minimum atomic E-state index is 0.840. The van der Waals surface area contributed by atoms with Gasteiger partial charge in [0.2, 0.25) is 0 Å². The van der Waals surface area contributed by atoms with Gasteiger partial charge in [0.05, 0.1) is 6.61 Å². The summed E-state index contributed by atoms with van der Waals surface area (Å²) in [6.07, 6.45) is 2.25. The predicted molar refractivity (Wildman–Crippen MR) is 66.4 cm³/mol. The molecule has 0 bridgehead atoms. The first kappa shape index (κ1) is 11.4. The van der Waals surface area contributed by atoms with E-state index in [2.05, 4.69) is 17.0 Å². The summed E-state index contributed by atoms with van der Waals surface area (Å²) in [6, 6.07) is 8.18. The van der Waals surface area contributed by atoms with E-state index in [0.29, 0.717) is 0 Å². The fourth-order valence-corrected chi connectivity index (χ4v) is 1.99. The van der Waals surface area contributed by atoms with Crippen LogP contribution in [0, 0.1) is 0 Å². The van der Waals surface area contributed by atoms with Crippen LogP contribution < -0.4 is 5.73 Å². The number of hydrogen-bond acceptors (Lipinski definition) is 3. The van der Waals surface area contributed by atoms with E-state index in [0.717, 1.165) is 51.4 Å². The zero-order valence-corrected chi connectivity index (χ0v) is 9.69. The second kappa shape index (κ2) is 5.87. The first-order valence-electron chi connectivity index (χ1n) is 5.99. The van der Waals surface area contributed by atoms with Crippen molar-refractivity contribution < 1.29 is 4.74 Å². The van der Waals surface area contributed by atoms with E-state index in [-0.39, 0.29) is 0 Å². The van der Waals surface area contributed by atoms with Crippen molar-refractivity contribution >= 4 is 5.69 Å². The van der Waals surface area contributed by atoms with Crippen molar-refractivity contribution in [2.24, 2.45) is 0 Å². The highest BCUT2D eigenvalue weighted by Crippen LogP contribution is 2.07. The van der Waals surface area contributed by atoms with Gasteiger partial charge in [-0.25, -0.2) is 0 Å². The SMILES string of the molecule is Nc1ccc(CCN2CCCOCC2)cc1. The number of nitrogen functional groups attached to an aromatic ring is 1. The Hall–Kier alpha value is -1.06. The molecule has 3 heteroatoms. The Morgan fingerprint density at radius 1 is 1.12 bits per heavy atom. The summed E-state index contributed by atoms with van der Waals surface area (Å²) in [4.78, 5) is 2.48. The van der Waals surface area contributed by atoms with E-state index in [4.69, 9.17) is 10.5 Å². The Morgan fingerprint density at radius 3 is 2.75 bits per heavy atom. The van der Waals surface area contributed by atoms with Crippen molar-refractivity contribution in [3.63, 3.8) is 0 Å². The molecule has 1 heterocycles. The summed E-state index contributed by atoms with van der Waals surface area (Å²) in [6.45, 7) is 5.14. The summed E-state index contributed by atoms with van der Waals surface area (Å²) < 4.78 is 5.43. The van der Waals surface area contributed by atoms with Gasteiger partial charge < -0.3 is 15.4 Å². The van der Waals surface area contributed by atoms with Crippen molar-refractivity contribution in [3.8, 4) is 0 Å². The van der Waals surface area contributed by atoms with E-state index in [1.807, 2.05) is 12.1 Å². The molecule has 1 aliphatic heterocycles. The molecule has 0 radical (unpaired) electrons. The number of anilines is 1. The van der Waals surface area contributed by atoms with E-state index in [1.54, 1.807) is 0 Å². The minimum Gasteiger partial charge on any atom is -0.399 e. The standard InChI is InChI=1S/C13H20N2O/c14-13-4-2-12(3-5-13)6-8-15-7-1-10-16-11-9-15/h2-5H,1,6-11,14H2. The topological polar surface area (TPSA) is 38.5 Å². The molecule has 1 aromatic rings. The fraction of sp³-hybridized carbons (Fsp3) is 0.538. The normalized spacial score (nSPS) is 18.2. The van der Waals surface area contributed by atoms with Crippen LogP contribution >= 0.6 is 0 Å². The van der Waals surface area contributed by atoms with Gasteiger partial charge >= 0.3 is 0 Å². The van der Waals surface area contributed by atoms with Gasteiger partial charge in [0.1, 0.15) is 0 Å². The van der Waals surface area contributed by atoms with E-state index < -0.39 is 0 Å². The number of benzene rings is 1. The number of ether oxygens (including phenoxy) is 1. The molecule has 0 amide bonds. The van der Waals surface area contributed by atoms with Crippen LogP contribution in [-0.4, -0.2) is 37.7 Å². The average molecular weight is 220 g/mol. The predicted octanol–water partition coefficient (Wildman–Crippen LogP) is 1.53. The maximum atomic E-state index is 5.66. The van der Waals surface area contributed by atoms with Crippen LogP contribution in [0.15, 0.2) is 24.3 Å². The van der Waals surface area contributed by atoms with E-state index in [1.165, 1.54) is 5.56 Å². The van der Waals surface area contributed by atoms with E-state index >= 15 is 0 Å². The lowest BCUT2D eigenvalue weighted by atomic mass is 10.1. The summed E-state index contributed by atoms with van der Waals surface area (Å²) in [7, 11) is 0. The monoisotopic (exact) mass is 220 g/mol. The van der Waals surface area contributed by atoms with Crippen molar-refractivity contribution in [1.29, 1.82) is 0 Å². The Balaban J connectivity index is 1.79. The van der Waals surface area contributed by atoms with Crippen LogP contribution in [0.25, 0.3) is 0 Å². The van der Waals surface area contributed by atoms with Crippen molar-refractivity contribution in [2.45, 2.75) is 12.8 Å². The number of nitrogens with two attached hydrogens (primary N) is 1. The zero-order chi connectivity index (χ0) is 11.2. The Morgan fingerprint density at radius 2 is 1.94 bits per heavy atom. The molecule has 1 aromatic carbocycles. The number of hydrogen-bond donors (Lipinski definition) is 1. The molecule has 2 N–H and O–H groups in total. The van der Waals surface area contributed by atoms with Crippen LogP contribution in [0.4, 0.5) is 5.69 Å². The average Bonchev–Trinajstić information content (AvgIpc) is 2.57. The molecule has 88 valence electrons. The van der Waals surface area contributed by atoms with Gasteiger partial charge in [-0.1, -0.05) is 12.1 Å². The molecule has 3 nitrogen and oxygen atoms in total. The molecular formula is C13H20N2O. The van der Waals surface area contributed by atoms with Crippen molar-refractivity contribution in [3.05, 3.63) is 29.8 Å². The summed E-state index contributed by atoms with van der Waals surface area (Å²) >= 11 is 0. The highest BCUT2D eigenvalue weighted by Gasteiger charge is 2.08. The largest absolute Gasteiger partial charge is 0.399 e. The maximum absolute atomic E-state index is 5.66.